The van der Waals surface area contributed by atoms with Crippen LogP contribution in [0, 0.1) is 0 Å². The molecule has 1 heterocycles. The van der Waals surface area contributed by atoms with Crippen molar-refractivity contribution in [3.05, 3.63) is 83.9 Å². The molecule has 4 heteroatoms. The van der Waals surface area contributed by atoms with E-state index >= 15 is 0 Å². The number of nitrogens with zero attached hydrogens (tertiary/aromatic N) is 1. The lowest BCUT2D eigenvalue weighted by Crippen LogP contribution is -2.14. The van der Waals surface area contributed by atoms with Gasteiger partial charge in [-0.2, -0.15) is 0 Å². The van der Waals surface area contributed by atoms with Crippen LogP contribution in [0.3, 0.4) is 0 Å². The van der Waals surface area contributed by atoms with Gasteiger partial charge in [-0.15, -0.1) is 0 Å². The van der Waals surface area contributed by atoms with Crippen LogP contribution in [0.2, 0.25) is 0 Å². The van der Waals surface area contributed by atoms with Gasteiger partial charge >= 0.3 is 0 Å². The number of fused-ring (bicyclic) bond motifs is 1. The smallest absolute Gasteiger partial charge is 0.255 e. The summed E-state index contributed by atoms with van der Waals surface area (Å²) in [4.78, 5) is 17.3. The summed E-state index contributed by atoms with van der Waals surface area (Å²) in [7, 11) is 0. The fraction of sp³-hybridized carbons (Fsp3) is 0.167. The predicted molar refractivity (Wildman–Crippen MR) is 113 cm³/mol. The fourth-order valence-corrected chi connectivity index (χ4v) is 3.08. The van der Waals surface area contributed by atoms with Gasteiger partial charge in [0.2, 0.25) is 5.89 Å². The molecule has 140 valence electrons. The number of aromatic nitrogens is 1. The van der Waals surface area contributed by atoms with Gasteiger partial charge in [0.05, 0.1) is 11.3 Å². The summed E-state index contributed by atoms with van der Waals surface area (Å²) in [5.74, 6) is 0.323. The van der Waals surface area contributed by atoms with Gasteiger partial charge in [0.15, 0.2) is 5.58 Å². The minimum Gasteiger partial charge on any atom is -0.436 e. The van der Waals surface area contributed by atoms with E-state index in [1.165, 1.54) is 5.56 Å². The third-order valence-corrected chi connectivity index (χ3v) is 4.71. The van der Waals surface area contributed by atoms with Crippen molar-refractivity contribution in [1.82, 2.24) is 4.98 Å². The maximum atomic E-state index is 12.8. The number of oxazole rings is 1. The lowest BCUT2D eigenvalue weighted by atomic mass is 9.87. The van der Waals surface area contributed by atoms with Crippen molar-refractivity contribution in [3.8, 4) is 11.5 Å². The van der Waals surface area contributed by atoms with Gasteiger partial charge in [-0.05, 0) is 47.4 Å². The van der Waals surface area contributed by atoms with Gasteiger partial charge in [0.1, 0.15) is 5.52 Å². The molecule has 4 rings (SSSR count). The molecule has 0 saturated carbocycles. The highest BCUT2D eigenvalue weighted by atomic mass is 16.3. The normalized spacial score (nSPS) is 11.5. The summed E-state index contributed by atoms with van der Waals surface area (Å²) in [5.41, 5.74) is 4.77. The lowest BCUT2D eigenvalue weighted by Gasteiger charge is -2.19. The zero-order valence-corrected chi connectivity index (χ0v) is 16.2. The van der Waals surface area contributed by atoms with E-state index in [4.69, 9.17) is 4.42 Å². The number of para-hydroxylation sites is 3. The molecule has 0 radical (unpaired) electrons. The molecule has 0 unspecified atom stereocenters. The quantitative estimate of drug-likeness (QED) is 0.478. The first kappa shape index (κ1) is 18.0. The summed E-state index contributed by atoms with van der Waals surface area (Å²) < 4.78 is 5.87. The number of anilines is 1. The topological polar surface area (TPSA) is 55.1 Å². The molecule has 4 nitrogen and oxygen atoms in total. The SMILES string of the molecule is CC(C)(C)c1ccc(C(=O)Nc2ccccc2-c2nc3ccccc3o2)cc1. The third-order valence-electron chi connectivity index (χ3n) is 4.71. The Morgan fingerprint density at radius 1 is 0.893 bits per heavy atom. The number of nitrogens with one attached hydrogen (secondary N) is 1. The Morgan fingerprint density at radius 2 is 1.57 bits per heavy atom. The van der Waals surface area contributed by atoms with Crippen LogP contribution in [0.5, 0.6) is 0 Å². The Hall–Kier alpha value is -3.40. The Bertz CT molecular complexity index is 1100. The largest absolute Gasteiger partial charge is 0.436 e. The molecule has 0 spiro atoms. The molecule has 1 aromatic heterocycles. The molecular weight excluding hydrogens is 348 g/mol. The Kier molecular flexibility index (Phi) is 4.47. The lowest BCUT2D eigenvalue weighted by molar-refractivity contribution is 0.102. The molecular formula is C24H22N2O2. The standard InChI is InChI=1S/C24H22N2O2/c1-24(2,3)17-14-12-16(13-15-17)22(27)25-19-9-5-4-8-18(19)23-26-20-10-6-7-11-21(20)28-23/h4-15H,1-3H3,(H,25,27). The molecule has 1 amide bonds. The van der Waals surface area contributed by atoms with Crippen LogP contribution < -0.4 is 5.32 Å². The van der Waals surface area contributed by atoms with Gasteiger partial charge in [0.25, 0.3) is 5.91 Å². The van der Waals surface area contributed by atoms with E-state index in [0.717, 1.165) is 16.7 Å². The number of carbonyl (C=O) groups is 1. The molecule has 0 aliphatic carbocycles. The van der Waals surface area contributed by atoms with Gasteiger partial charge in [-0.1, -0.05) is 57.2 Å². The van der Waals surface area contributed by atoms with Gasteiger partial charge in [-0.3, -0.25) is 4.79 Å². The second kappa shape index (κ2) is 6.97. The van der Waals surface area contributed by atoms with Crippen LogP contribution in [-0.4, -0.2) is 10.9 Å². The first-order valence-corrected chi connectivity index (χ1v) is 9.29. The summed E-state index contributed by atoms with van der Waals surface area (Å²) in [6.45, 7) is 6.45. The van der Waals surface area contributed by atoms with Crippen molar-refractivity contribution in [3.63, 3.8) is 0 Å². The van der Waals surface area contributed by atoms with Gasteiger partial charge < -0.3 is 9.73 Å². The van der Waals surface area contributed by atoms with Gasteiger partial charge in [-0.25, -0.2) is 4.98 Å². The number of benzene rings is 3. The molecule has 28 heavy (non-hydrogen) atoms. The number of hydrogen-bond donors (Lipinski definition) is 1. The van der Waals surface area contributed by atoms with E-state index in [-0.39, 0.29) is 11.3 Å². The highest BCUT2D eigenvalue weighted by molar-refractivity contribution is 6.06. The van der Waals surface area contributed by atoms with Crippen molar-refractivity contribution in [2.75, 3.05) is 5.32 Å². The van der Waals surface area contributed by atoms with E-state index in [1.807, 2.05) is 72.8 Å². The van der Waals surface area contributed by atoms with Crippen molar-refractivity contribution in [2.24, 2.45) is 0 Å². The van der Waals surface area contributed by atoms with Crippen molar-refractivity contribution in [1.29, 1.82) is 0 Å². The Balaban J connectivity index is 1.63. The highest BCUT2D eigenvalue weighted by Gasteiger charge is 2.16. The molecule has 0 aliphatic heterocycles. The molecule has 3 aromatic carbocycles. The zero-order chi connectivity index (χ0) is 19.7. The van der Waals surface area contributed by atoms with Crippen LogP contribution >= 0.6 is 0 Å². The highest BCUT2D eigenvalue weighted by Crippen LogP contribution is 2.30. The molecule has 0 bridgehead atoms. The Morgan fingerprint density at radius 3 is 2.29 bits per heavy atom. The fourth-order valence-electron chi connectivity index (χ4n) is 3.08. The van der Waals surface area contributed by atoms with E-state index in [0.29, 0.717) is 17.1 Å². The summed E-state index contributed by atoms with van der Waals surface area (Å²) >= 11 is 0. The van der Waals surface area contributed by atoms with E-state index in [9.17, 15) is 4.79 Å². The first-order chi connectivity index (χ1) is 13.4. The average molecular weight is 370 g/mol. The van der Waals surface area contributed by atoms with Crippen molar-refractivity contribution < 1.29 is 9.21 Å². The summed E-state index contributed by atoms with van der Waals surface area (Å²) in [6.07, 6.45) is 0. The summed E-state index contributed by atoms with van der Waals surface area (Å²) in [6, 6.07) is 22.9. The molecule has 0 fully saturated rings. The number of amides is 1. The van der Waals surface area contributed by atoms with Crippen LogP contribution in [0.15, 0.2) is 77.2 Å². The number of hydrogen-bond acceptors (Lipinski definition) is 3. The minimum absolute atomic E-state index is 0.0502. The summed E-state index contributed by atoms with van der Waals surface area (Å²) in [5, 5.41) is 2.99. The van der Waals surface area contributed by atoms with E-state index < -0.39 is 0 Å². The second-order valence-corrected chi connectivity index (χ2v) is 7.81. The van der Waals surface area contributed by atoms with Crippen LogP contribution in [0.1, 0.15) is 36.7 Å². The molecule has 1 N–H and O–H groups in total. The van der Waals surface area contributed by atoms with Crippen LogP contribution in [0.4, 0.5) is 5.69 Å². The minimum atomic E-state index is -0.163. The van der Waals surface area contributed by atoms with Crippen LogP contribution in [0.25, 0.3) is 22.6 Å². The second-order valence-electron chi connectivity index (χ2n) is 7.81. The van der Waals surface area contributed by atoms with Crippen molar-refractivity contribution >= 4 is 22.7 Å². The van der Waals surface area contributed by atoms with E-state index in [1.54, 1.807) is 0 Å². The third kappa shape index (κ3) is 3.54. The molecule has 0 atom stereocenters. The van der Waals surface area contributed by atoms with Crippen LogP contribution in [-0.2, 0) is 5.41 Å². The number of carbonyl (C=O) groups excluding carboxylic acids is 1. The van der Waals surface area contributed by atoms with Crippen molar-refractivity contribution in [2.45, 2.75) is 26.2 Å². The number of rotatable bonds is 3. The maximum Gasteiger partial charge on any atom is 0.255 e. The average Bonchev–Trinajstić information content (AvgIpc) is 3.12. The molecule has 0 saturated heterocycles. The maximum absolute atomic E-state index is 12.8. The Labute approximate surface area is 164 Å². The van der Waals surface area contributed by atoms with Gasteiger partial charge in [0, 0.05) is 5.56 Å². The molecule has 4 aromatic rings. The zero-order valence-electron chi connectivity index (χ0n) is 16.2. The predicted octanol–water partition coefficient (Wildman–Crippen LogP) is 6.04. The molecule has 0 aliphatic rings. The van der Waals surface area contributed by atoms with E-state index in [2.05, 4.69) is 31.1 Å². The monoisotopic (exact) mass is 370 g/mol. The first-order valence-electron chi connectivity index (χ1n) is 9.29.